The molecule has 2 aliphatic carbocycles. The SMILES string of the molecule is Cc1ccc2c(c1)C1(CC1)C(CCN)CC2. The minimum absolute atomic E-state index is 0.541. The van der Waals surface area contributed by atoms with Gasteiger partial charge in [0.2, 0.25) is 0 Å². The standard InChI is InChI=1S/C15H21N/c1-11-2-3-12-4-5-13(6-9-16)15(7-8-15)14(12)10-11/h2-3,10,13H,4-9,16H2,1H3. The van der Waals surface area contributed by atoms with Crippen LogP contribution in [-0.2, 0) is 11.8 Å². The summed E-state index contributed by atoms with van der Waals surface area (Å²) in [4.78, 5) is 0. The van der Waals surface area contributed by atoms with E-state index >= 15 is 0 Å². The maximum Gasteiger partial charge on any atom is -0.00147 e. The van der Waals surface area contributed by atoms with Crippen molar-refractivity contribution in [2.75, 3.05) is 6.54 Å². The van der Waals surface area contributed by atoms with Crippen molar-refractivity contribution in [1.82, 2.24) is 0 Å². The number of hydrogen-bond acceptors (Lipinski definition) is 1. The van der Waals surface area contributed by atoms with Gasteiger partial charge in [-0.15, -0.1) is 0 Å². The Morgan fingerprint density at radius 3 is 2.88 bits per heavy atom. The molecule has 2 N–H and O–H groups in total. The smallest absolute Gasteiger partial charge is 0.00147 e. The van der Waals surface area contributed by atoms with Crippen LogP contribution in [0.25, 0.3) is 0 Å². The van der Waals surface area contributed by atoms with E-state index in [-0.39, 0.29) is 0 Å². The molecule has 2 aliphatic rings. The molecule has 1 nitrogen and oxygen atoms in total. The summed E-state index contributed by atoms with van der Waals surface area (Å²) >= 11 is 0. The first-order valence-electron chi connectivity index (χ1n) is 6.56. The van der Waals surface area contributed by atoms with Gasteiger partial charge in [-0.25, -0.2) is 0 Å². The van der Waals surface area contributed by atoms with Crippen molar-refractivity contribution in [3.8, 4) is 0 Å². The fourth-order valence-corrected chi connectivity index (χ4v) is 3.63. The summed E-state index contributed by atoms with van der Waals surface area (Å²) in [6, 6.07) is 7.05. The molecule has 16 heavy (non-hydrogen) atoms. The fraction of sp³-hybridized carbons (Fsp3) is 0.600. The molecule has 1 atom stereocenters. The summed E-state index contributed by atoms with van der Waals surface area (Å²) in [6.07, 6.45) is 6.63. The average molecular weight is 215 g/mol. The van der Waals surface area contributed by atoms with Crippen molar-refractivity contribution in [3.63, 3.8) is 0 Å². The molecule has 1 saturated carbocycles. The third-order valence-corrected chi connectivity index (χ3v) is 4.65. The van der Waals surface area contributed by atoms with Crippen LogP contribution < -0.4 is 5.73 Å². The lowest BCUT2D eigenvalue weighted by Gasteiger charge is -2.34. The van der Waals surface area contributed by atoms with Gasteiger partial charge in [-0.3, -0.25) is 0 Å². The van der Waals surface area contributed by atoms with Crippen molar-refractivity contribution < 1.29 is 0 Å². The lowest BCUT2D eigenvalue weighted by atomic mass is 9.70. The summed E-state index contributed by atoms with van der Waals surface area (Å²) in [5.41, 5.74) is 11.0. The zero-order chi connectivity index (χ0) is 11.2. The highest BCUT2D eigenvalue weighted by atomic mass is 14.6. The maximum atomic E-state index is 5.76. The molecule has 0 bridgehead atoms. The van der Waals surface area contributed by atoms with Crippen LogP contribution in [0.4, 0.5) is 0 Å². The van der Waals surface area contributed by atoms with Crippen LogP contribution in [0.15, 0.2) is 18.2 Å². The molecule has 1 heteroatoms. The molecule has 1 aromatic rings. The van der Waals surface area contributed by atoms with Crippen LogP contribution in [0.5, 0.6) is 0 Å². The molecule has 1 aromatic carbocycles. The van der Waals surface area contributed by atoms with Crippen LogP contribution in [0.3, 0.4) is 0 Å². The first-order valence-corrected chi connectivity index (χ1v) is 6.56. The Bertz CT molecular complexity index is 404. The van der Waals surface area contributed by atoms with Gasteiger partial charge in [0.25, 0.3) is 0 Å². The third kappa shape index (κ3) is 1.41. The summed E-state index contributed by atoms with van der Waals surface area (Å²) in [6.45, 7) is 3.07. The van der Waals surface area contributed by atoms with Crippen LogP contribution in [0.1, 0.15) is 42.4 Å². The lowest BCUT2D eigenvalue weighted by Crippen LogP contribution is -2.29. The Hall–Kier alpha value is -0.820. The predicted molar refractivity (Wildman–Crippen MR) is 67.6 cm³/mol. The van der Waals surface area contributed by atoms with Crippen LogP contribution >= 0.6 is 0 Å². The van der Waals surface area contributed by atoms with Crippen molar-refractivity contribution in [2.45, 2.75) is 44.4 Å². The van der Waals surface area contributed by atoms with Gasteiger partial charge in [0, 0.05) is 0 Å². The van der Waals surface area contributed by atoms with E-state index in [1.54, 1.807) is 11.1 Å². The number of rotatable bonds is 2. The Balaban J connectivity index is 2.01. The zero-order valence-corrected chi connectivity index (χ0v) is 10.1. The molecule has 1 fully saturated rings. The van der Waals surface area contributed by atoms with E-state index in [0.717, 1.165) is 12.5 Å². The van der Waals surface area contributed by atoms with Gasteiger partial charge < -0.3 is 5.73 Å². The Morgan fingerprint density at radius 1 is 1.38 bits per heavy atom. The molecule has 0 aromatic heterocycles. The van der Waals surface area contributed by atoms with E-state index < -0.39 is 0 Å². The first kappa shape index (κ1) is 10.3. The van der Waals surface area contributed by atoms with Crippen molar-refractivity contribution in [3.05, 3.63) is 34.9 Å². The van der Waals surface area contributed by atoms with Crippen LogP contribution in [-0.4, -0.2) is 6.54 Å². The number of fused-ring (bicyclic) bond motifs is 2. The van der Waals surface area contributed by atoms with Gasteiger partial charge in [-0.1, -0.05) is 23.8 Å². The molecule has 0 heterocycles. The third-order valence-electron chi connectivity index (χ3n) is 4.65. The molecule has 0 amide bonds. The summed E-state index contributed by atoms with van der Waals surface area (Å²) in [5.74, 6) is 0.854. The van der Waals surface area contributed by atoms with Crippen LogP contribution in [0, 0.1) is 12.8 Å². The summed E-state index contributed by atoms with van der Waals surface area (Å²) in [5, 5.41) is 0. The minimum atomic E-state index is 0.541. The second kappa shape index (κ2) is 3.59. The second-order valence-corrected chi connectivity index (χ2v) is 5.63. The van der Waals surface area contributed by atoms with Gasteiger partial charge >= 0.3 is 0 Å². The van der Waals surface area contributed by atoms with E-state index in [4.69, 9.17) is 5.73 Å². The van der Waals surface area contributed by atoms with Gasteiger partial charge in [-0.2, -0.15) is 0 Å². The van der Waals surface area contributed by atoms with Crippen LogP contribution in [0.2, 0.25) is 0 Å². The highest BCUT2D eigenvalue weighted by molar-refractivity contribution is 5.44. The van der Waals surface area contributed by atoms with Gasteiger partial charge in [0.05, 0.1) is 0 Å². The summed E-state index contributed by atoms with van der Waals surface area (Å²) < 4.78 is 0. The largest absolute Gasteiger partial charge is 0.330 e. The predicted octanol–water partition coefficient (Wildman–Crippen LogP) is 2.94. The first-order chi connectivity index (χ1) is 7.76. The number of nitrogens with two attached hydrogens (primary N) is 1. The van der Waals surface area contributed by atoms with Gasteiger partial charge in [0.1, 0.15) is 0 Å². The Morgan fingerprint density at radius 2 is 2.19 bits per heavy atom. The molecular formula is C15H21N. The quantitative estimate of drug-likeness (QED) is 0.806. The Kier molecular flexibility index (Phi) is 2.32. The highest BCUT2D eigenvalue weighted by Crippen LogP contribution is 2.59. The second-order valence-electron chi connectivity index (χ2n) is 5.63. The van der Waals surface area contributed by atoms with E-state index in [1.165, 1.54) is 37.7 Å². The molecule has 1 spiro atoms. The van der Waals surface area contributed by atoms with Crippen molar-refractivity contribution in [2.24, 2.45) is 11.7 Å². The number of benzene rings is 1. The van der Waals surface area contributed by atoms with Crippen molar-refractivity contribution in [1.29, 1.82) is 0 Å². The fourth-order valence-electron chi connectivity index (χ4n) is 3.63. The Labute approximate surface area is 98.0 Å². The normalized spacial score (nSPS) is 25.5. The van der Waals surface area contributed by atoms with E-state index in [9.17, 15) is 0 Å². The molecule has 0 radical (unpaired) electrons. The maximum absolute atomic E-state index is 5.76. The monoisotopic (exact) mass is 215 g/mol. The van der Waals surface area contributed by atoms with Gasteiger partial charge in [-0.05, 0) is 68.0 Å². The number of hydrogen-bond donors (Lipinski definition) is 1. The molecular weight excluding hydrogens is 194 g/mol. The molecule has 1 unspecified atom stereocenters. The van der Waals surface area contributed by atoms with E-state index in [2.05, 4.69) is 25.1 Å². The molecule has 3 rings (SSSR count). The highest BCUT2D eigenvalue weighted by Gasteiger charge is 2.52. The van der Waals surface area contributed by atoms with E-state index in [0.29, 0.717) is 5.41 Å². The summed E-state index contributed by atoms with van der Waals surface area (Å²) in [7, 11) is 0. The van der Waals surface area contributed by atoms with E-state index in [1.807, 2.05) is 0 Å². The molecule has 0 aliphatic heterocycles. The zero-order valence-electron chi connectivity index (χ0n) is 10.1. The average Bonchev–Trinajstić information content (AvgIpc) is 3.05. The van der Waals surface area contributed by atoms with Crippen molar-refractivity contribution >= 4 is 0 Å². The molecule has 86 valence electrons. The lowest BCUT2D eigenvalue weighted by molar-refractivity contribution is 0.334. The number of aryl methyl sites for hydroxylation is 2. The topological polar surface area (TPSA) is 26.0 Å². The minimum Gasteiger partial charge on any atom is -0.330 e. The van der Waals surface area contributed by atoms with Gasteiger partial charge in [0.15, 0.2) is 0 Å². The molecule has 0 saturated heterocycles.